The standard InChI is InChI=1S/C28H30N2O4S2/c1-34-27(33)23-11-9-21(10-12-23)19-24-26(32)30(28(35)36-24)15-5-8-25(31)29-16-13-22(14-17-29)18-20-6-3-2-4-7-20/h2-4,6-7,9-12,19,22H,5,8,13-18H2,1H3/b24-19-. The van der Waals surface area contributed by atoms with Crippen LogP contribution in [0.4, 0.5) is 0 Å². The van der Waals surface area contributed by atoms with Gasteiger partial charge in [-0.3, -0.25) is 14.5 Å². The van der Waals surface area contributed by atoms with Crippen LogP contribution in [0.3, 0.4) is 0 Å². The molecule has 2 aliphatic heterocycles. The van der Waals surface area contributed by atoms with Gasteiger partial charge in [0.15, 0.2) is 0 Å². The van der Waals surface area contributed by atoms with Crippen LogP contribution in [0.15, 0.2) is 59.5 Å². The van der Waals surface area contributed by atoms with E-state index >= 15 is 0 Å². The van der Waals surface area contributed by atoms with Crippen molar-refractivity contribution in [1.29, 1.82) is 0 Å². The van der Waals surface area contributed by atoms with E-state index in [2.05, 4.69) is 24.3 Å². The summed E-state index contributed by atoms with van der Waals surface area (Å²) in [7, 11) is 1.34. The van der Waals surface area contributed by atoms with Crippen molar-refractivity contribution in [1.82, 2.24) is 9.80 Å². The Kier molecular flexibility index (Phi) is 8.93. The van der Waals surface area contributed by atoms with Gasteiger partial charge in [0.2, 0.25) is 5.91 Å². The Balaban J connectivity index is 1.22. The van der Waals surface area contributed by atoms with Crippen LogP contribution in [0, 0.1) is 5.92 Å². The Morgan fingerprint density at radius 3 is 2.44 bits per heavy atom. The third-order valence-corrected chi connectivity index (χ3v) is 7.99. The molecule has 2 aromatic carbocycles. The number of amides is 2. The summed E-state index contributed by atoms with van der Waals surface area (Å²) in [6.07, 6.45) is 5.89. The lowest BCUT2D eigenvalue weighted by atomic mass is 9.90. The minimum Gasteiger partial charge on any atom is -0.465 e. The van der Waals surface area contributed by atoms with Crippen molar-refractivity contribution < 1.29 is 19.1 Å². The highest BCUT2D eigenvalue weighted by Crippen LogP contribution is 2.33. The molecule has 188 valence electrons. The lowest BCUT2D eigenvalue weighted by Crippen LogP contribution is -2.39. The van der Waals surface area contributed by atoms with Crippen molar-refractivity contribution in [3.05, 3.63) is 76.2 Å². The van der Waals surface area contributed by atoms with Crippen LogP contribution in [0.5, 0.6) is 0 Å². The number of hydrogen-bond acceptors (Lipinski definition) is 6. The molecule has 2 saturated heterocycles. The van der Waals surface area contributed by atoms with Crippen LogP contribution < -0.4 is 0 Å². The fourth-order valence-electron chi connectivity index (χ4n) is 4.56. The monoisotopic (exact) mass is 522 g/mol. The molecule has 0 radical (unpaired) electrons. The number of likely N-dealkylation sites (tertiary alicyclic amines) is 1. The molecular formula is C28H30N2O4S2. The summed E-state index contributed by atoms with van der Waals surface area (Å²) in [5.41, 5.74) is 2.61. The number of methoxy groups -OCH3 is 1. The predicted octanol–water partition coefficient (Wildman–Crippen LogP) is 4.94. The van der Waals surface area contributed by atoms with Gasteiger partial charge >= 0.3 is 5.97 Å². The summed E-state index contributed by atoms with van der Waals surface area (Å²) in [6.45, 7) is 2.03. The van der Waals surface area contributed by atoms with Crippen molar-refractivity contribution in [3.8, 4) is 0 Å². The number of carbonyl (C=O) groups excluding carboxylic acids is 3. The van der Waals surface area contributed by atoms with Gasteiger partial charge in [0.05, 0.1) is 17.6 Å². The van der Waals surface area contributed by atoms with E-state index in [-0.39, 0.29) is 11.8 Å². The van der Waals surface area contributed by atoms with Crippen molar-refractivity contribution in [3.63, 3.8) is 0 Å². The first kappa shape index (κ1) is 26.1. The molecule has 4 rings (SSSR count). The zero-order valence-electron chi connectivity index (χ0n) is 20.4. The van der Waals surface area contributed by atoms with E-state index in [1.807, 2.05) is 11.0 Å². The van der Waals surface area contributed by atoms with Crippen LogP contribution in [0.25, 0.3) is 6.08 Å². The average Bonchev–Trinajstić information content (AvgIpc) is 3.17. The maximum atomic E-state index is 12.9. The van der Waals surface area contributed by atoms with Crippen molar-refractivity contribution in [2.24, 2.45) is 5.92 Å². The topological polar surface area (TPSA) is 66.9 Å². The molecule has 2 aromatic rings. The van der Waals surface area contributed by atoms with Gasteiger partial charge in [-0.2, -0.15) is 0 Å². The van der Waals surface area contributed by atoms with Crippen LogP contribution in [-0.2, 0) is 20.7 Å². The van der Waals surface area contributed by atoms with E-state index in [0.29, 0.717) is 40.1 Å². The summed E-state index contributed by atoms with van der Waals surface area (Å²) in [4.78, 5) is 41.3. The van der Waals surface area contributed by atoms with Crippen molar-refractivity contribution >= 4 is 52.2 Å². The lowest BCUT2D eigenvalue weighted by Gasteiger charge is -2.32. The van der Waals surface area contributed by atoms with Gasteiger partial charge in [0, 0.05) is 26.1 Å². The summed E-state index contributed by atoms with van der Waals surface area (Å²) in [6, 6.07) is 17.4. The van der Waals surface area contributed by atoms with E-state index in [1.165, 1.54) is 24.4 Å². The second kappa shape index (κ2) is 12.3. The maximum absolute atomic E-state index is 12.9. The summed E-state index contributed by atoms with van der Waals surface area (Å²) < 4.78 is 5.22. The molecule has 8 heteroatoms. The number of carbonyl (C=O) groups is 3. The molecule has 0 bridgehead atoms. The number of nitrogens with zero attached hydrogens (tertiary/aromatic N) is 2. The van der Waals surface area contributed by atoms with Gasteiger partial charge in [0.25, 0.3) is 5.91 Å². The zero-order chi connectivity index (χ0) is 25.5. The van der Waals surface area contributed by atoms with Gasteiger partial charge in [-0.15, -0.1) is 0 Å². The Hall–Kier alpha value is -2.97. The van der Waals surface area contributed by atoms with E-state index in [0.717, 1.165) is 37.9 Å². The normalized spacial score (nSPS) is 17.6. The van der Waals surface area contributed by atoms with Gasteiger partial charge in [-0.1, -0.05) is 66.4 Å². The first-order valence-electron chi connectivity index (χ1n) is 12.2. The second-order valence-corrected chi connectivity index (χ2v) is 10.7. The molecule has 0 N–H and O–H groups in total. The minimum absolute atomic E-state index is 0.142. The molecule has 2 amide bonds. The number of rotatable bonds is 8. The third kappa shape index (κ3) is 6.62. The maximum Gasteiger partial charge on any atom is 0.337 e. The van der Waals surface area contributed by atoms with Crippen LogP contribution in [0.1, 0.15) is 47.2 Å². The predicted molar refractivity (Wildman–Crippen MR) is 146 cm³/mol. The number of thioether (sulfide) groups is 1. The van der Waals surface area contributed by atoms with Crippen LogP contribution >= 0.6 is 24.0 Å². The minimum atomic E-state index is -0.404. The molecule has 0 spiro atoms. The van der Waals surface area contributed by atoms with Gasteiger partial charge in [-0.05, 0) is 60.9 Å². The number of esters is 1. The largest absolute Gasteiger partial charge is 0.465 e. The second-order valence-electron chi connectivity index (χ2n) is 9.06. The first-order valence-corrected chi connectivity index (χ1v) is 13.4. The van der Waals surface area contributed by atoms with E-state index in [1.54, 1.807) is 35.2 Å². The SMILES string of the molecule is COC(=O)c1ccc(/C=C2\SC(=S)N(CCCC(=O)N3CCC(Cc4ccccc4)CC3)C2=O)cc1. The fourth-order valence-corrected chi connectivity index (χ4v) is 5.87. The molecule has 0 saturated carbocycles. The third-order valence-electron chi connectivity index (χ3n) is 6.61. The summed E-state index contributed by atoms with van der Waals surface area (Å²) in [5.74, 6) is 0.227. The average molecular weight is 523 g/mol. The smallest absolute Gasteiger partial charge is 0.337 e. The molecule has 36 heavy (non-hydrogen) atoms. The molecule has 2 fully saturated rings. The van der Waals surface area contributed by atoms with E-state index in [4.69, 9.17) is 17.0 Å². The lowest BCUT2D eigenvalue weighted by molar-refractivity contribution is -0.133. The molecular weight excluding hydrogens is 492 g/mol. The summed E-state index contributed by atoms with van der Waals surface area (Å²) in [5, 5.41) is 0. The molecule has 0 aliphatic carbocycles. The Labute approximate surface area is 221 Å². The number of benzene rings is 2. The quantitative estimate of drug-likeness (QED) is 0.278. The highest BCUT2D eigenvalue weighted by atomic mass is 32.2. The van der Waals surface area contributed by atoms with Crippen molar-refractivity contribution in [2.45, 2.75) is 32.1 Å². The highest BCUT2D eigenvalue weighted by molar-refractivity contribution is 8.26. The number of piperidine rings is 1. The summed E-state index contributed by atoms with van der Waals surface area (Å²) >= 11 is 6.68. The number of thiocarbonyl (C=S) groups is 1. The van der Waals surface area contributed by atoms with Gasteiger partial charge in [0.1, 0.15) is 4.32 Å². The van der Waals surface area contributed by atoms with Crippen LogP contribution in [-0.4, -0.2) is 58.6 Å². The highest BCUT2D eigenvalue weighted by Gasteiger charge is 2.32. The van der Waals surface area contributed by atoms with E-state index < -0.39 is 5.97 Å². The van der Waals surface area contributed by atoms with Gasteiger partial charge < -0.3 is 9.64 Å². The van der Waals surface area contributed by atoms with E-state index in [9.17, 15) is 14.4 Å². The molecule has 0 aromatic heterocycles. The molecule has 2 heterocycles. The molecule has 0 unspecified atom stereocenters. The Morgan fingerprint density at radius 2 is 1.78 bits per heavy atom. The molecule has 0 atom stereocenters. The zero-order valence-corrected chi connectivity index (χ0v) is 22.0. The Morgan fingerprint density at radius 1 is 1.08 bits per heavy atom. The van der Waals surface area contributed by atoms with Gasteiger partial charge in [-0.25, -0.2) is 4.79 Å². The van der Waals surface area contributed by atoms with Crippen molar-refractivity contribution in [2.75, 3.05) is 26.7 Å². The fraction of sp³-hybridized carbons (Fsp3) is 0.357. The van der Waals surface area contributed by atoms with Crippen LogP contribution in [0.2, 0.25) is 0 Å². The number of hydrogen-bond donors (Lipinski definition) is 0. The molecule has 6 nitrogen and oxygen atoms in total. The molecule has 2 aliphatic rings. The number of ether oxygens (including phenoxy) is 1. The first-order chi connectivity index (χ1) is 17.4. The Bertz CT molecular complexity index is 1140.